The number of piperazine rings is 1. The lowest BCUT2D eigenvalue weighted by Crippen LogP contribution is -2.64. The Kier molecular flexibility index (Phi) is 4.37. The third-order valence-electron chi connectivity index (χ3n) is 4.24. The van der Waals surface area contributed by atoms with E-state index in [0.717, 1.165) is 19.4 Å². The van der Waals surface area contributed by atoms with E-state index in [-0.39, 0.29) is 23.9 Å². The lowest BCUT2D eigenvalue weighted by molar-refractivity contribution is -0.163. The molecule has 2 aliphatic rings. The van der Waals surface area contributed by atoms with Crippen LogP contribution < -0.4 is 0 Å². The summed E-state index contributed by atoms with van der Waals surface area (Å²) < 4.78 is 5.70. The molecule has 0 spiro atoms. The summed E-state index contributed by atoms with van der Waals surface area (Å²) in [7, 11) is 0. The summed E-state index contributed by atoms with van der Waals surface area (Å²) in [6, 6.07) is -0.556. The van der Waals surface area contributed by atoms with Gasteiger partial charge in [-0.3, -0.25) is 9.59 Å². The standard InChI is InChI=1S/C15H26N2O3/c1-5-11-13(18)16-9-7-8-12(16)14(19)17(11)10-15(3,4)20-6-2/h11-12H,5-10H2,1-4H3. The maximum atomic E-state index is 12.7. The van der Waals surface area contributed by atoms with Crippen molar-refractivity contribution >= 4 is 11.8 Å². The third kappa shape index (κ3) is 2.68. The summed E-state index contributed by atoms with van der Waals surface area (Å²) in [5.41, 5.74) is -0.418. The van der Waals surface area contributed by atoms with Crippen molar-refractivity contribution in [1.82, 2.24) is 9.80 Å². The van der Waals surface area contributed by atoms with Crippen LogP contribution in [-0.2, 0) is 14.3 Å². The highest BCUT2D eigenvalue weighted by atomic mass is 16.5. The van der Waals surface area contributed by atoms with E-state index in [9.17, 15) is 9.59 Å². The summed E-state index contributed by atoms with van der Waals surface area (Å²) in [5.74, 6) is 0.212. The van der Waals surface area contributed by atoms with E-state index in [1.165, 1.54) is 0 Å². The fraction of sp³-hybridized carbons (Fsp3) is 0.867. The molecule has 5 heteroatoms. The average Bonchev–Trinajstić information content (AvgIpc) is 2.85. The Morgan fingerprint density at radius 1 is 1.25 bits per heavy atom. The number of carbonyl (C=O) groups is 2. The molecule has 0 aliphatic carbocycles. The van der Waals surface area contributed by atoms with Gasteiger partial charge in [0, 0.05) is 13.2 Å². The minimum atomic E-state index is -0.418. The van der Waals surface area contributed by atoms with Crippen LogP contribution in [0.25, 0.3) is 0 Å². The second-order valence-electron chi connectivity index (χ2n) is 6.27. The van der Waals surface area contributed by atoms with Crippen LogP contribution >= 0.6 is 0 Å². The summed E-state index contributed by atoms with van der Waals surface area (Å²) >= 11 is 0. The highest BCUT2D eigenvalue weighted by Gasteiger charge is 2.48. The van der Waals surface area contributed by atoms with E-state index in [4.69, 9.17) is 4.74 Å². The van der Waals surface area contributed by atoms with Gasteiger partial charge >= 0.3 is 0 Å². The first-order valence-corrected chi connectivity index (χ1v) is 7.66. The van der Waals surface area contributed by atoms with Gasteiger partial charge in [0.25, 0.3) is 0 Å². The van der Waals surface area contributed by atoms with Gasteiger partial charge in [0.05, 0.1) is 12.1 Å². The van der Waals surface area contributed by atoms with Crippen LogP contribution in [-0.4, -0.2) is 59.0 Å². The maximum absolute atomic E-state index is 12.7. The highest BCUT2D eigenvalue weighted by molar-refractivity contribution is 5.97. The van der Waals surface area contributed by atoms with Crippen molar-refractivity contribution in [3.63, 3.8) is 0 Å². The molecule has 0 N–H and O–H groups in total. The Labute approximate surface area is 121 Å². The molecular weight excluding hydrogens is 256 g/mol. The number of fused-ring (bicyclic) bond motifs is 1. The van der Waals surface area contributed by atoms with Crippen molar-refractivity contribution in [3.8, 4) is 0 Å². The molecule has 0 saturated carbocycles. The van der Waals surface area contributed by atoms with Crippen molar-refractivity contribution in [2.75, 3.05) is 19.7 Å². The molecule has 2 atom stereocenters. The van der Waals surface area contributed by atoms with Crippen molar-refractivity contribution in [2.24, 2.45) is 0 Å². The molecule has 5 nitrogen and oxygen atoms in total. The first-order valence-electron chi connectivity index (χ1n) is 7.66. The summed E-state index contributed by atoms with van der Waals surface area (Å²) in [6.45, 7) is 9.68. The highest BCUT2D eigenvalue weighted by Crippen LogP contribution is 2.29. The number of hydrogen-bond donors (Lipinski definition) is 0. The fourth-order valence-electron chi connectivity index (χ4n) is 3.39. The van der Waals surface area contributed by atoms with E-state index in [1.807, 2.05) is 27.7 Å². The molecule has 20 heavy (non-hydrogen) atoms. The zero-order valence-electron chi connectivity index (χ0n) is 13.0. The molecule has 0 radical (unpaired) electrons. The number of amides is 2. The molecule has 2 unspecified atom stereocenters. The van der Waals surface area contributed by atoms with Gasteiger partial charge in [0.2, 0.25) is 11.8 Å². The molecule has 2 fully saturated rings. The van der Waals surface area contributed by atoms with Gasteiger partial charge in [-0.05, 0) is 40.0 Å². The monoisotopic (exact) mass is 282 g/mol. The van der Waals surface area contributed by atoms with Crippen molar-refractivity contribution in [3.05, 3.63) is 0 Å². The first kappa shape index (κ1) is 15.3. The lowest BCUT2D eigenvalue weighted by Gasteiger charge is -2.44. The SMILES string of the molecule is CCOC(C)(C)CN1C(=O)C2CCCN2C(=O)C1CC. The Morgan fingerprint density at radius 2 is 1.95 bits per heavy atom. The first-order chi connectivity index (χ1) is 9.41. The number of carbonyl (C=O) groups excluding carboxylic acids is 2. The van der Waals surface area contributed by atoms with E-state index in [1.54, 1.807) is 9.80 Å². The fourth-order valence-corrected chi connectivity index (χ4v) is 3.39. The summed E-state index contributed by atoms with van der Waals surface area (Å²) in [4.78, 5) is 28.7. The lowest BCUT2D eigenvalue weighted by atomic mass is 9.99. The second-order valence-corrected chi connectivity index (χ2v) is 6.27. The number of ether oxygens (including phenoxy) is 1. The van der Waals surface area contributed by atoms with Gasteiger partial charge in [-0.15, -0.1) is 0 Å². The second kappa shape index (κ2) is 5.72. The van der Waals surface area contributed by atoms with E-state index < -0.39 is 5.60 Å². The Bertz CT molecular complexity index is 395. The molecule has 0 aromatic rings. The number of nitrogens with zero attached hydrogens (tertiary/aromatic N) is 2. The topological polar surface area (TPSA) is 49.9 Å². The van der Waals surface area contributed by atoms with Gasteiger partial charge in [-0.2, -0.15) is 0 Å². The zero-order chi connectivity index (χ0) is 14.9. The van der Waals surface area contributed by atoms with Crippen LogP contribution in [0.15, 0.2) is 0 Å². The quantitative estimate of drug-likeness (QED) is 0.766. The molecule has 0 aromatic heterocycles. The van der Waals surface area contributed by atoms with Crippen molar-refractivity contribution < 1.29 is 14.3 Å². The molecule has 114 valence electrons. The van der Waals surface area contributed by atoms with Crippen LogP contribution in [0.2, 0.25) is 0 Å². The number of rotatable bonds is 5. The predicted molar refractivity (Wildman–Crippen MR) is 76.2 cm³/mol. The van der Waals surface area contributed by atoms with E-state index in [0.29, 0.717) is 19.6 Å². The van der Waals surface area contributed by atoms with Gasteiger partial charge in [-0.25, -0.2) is 0 Å². The summed E-state index contributed by atoms with van der Waals surface area (Å²) in [5, 5.41) is 0. The molecule has 2 saturated heterocycles. The molecule has 2 amide bonds. The zero-order valence-corrected chi connectivity index (χ0v) is 13.0. The van der Waals surface area contributed by atoms with Crippen molar-refractivity contribution in [1.29, 1.82) is 0 Å². The smallest absolute Gasteiger partial charge is 0.246 e. The molecular formula is C15H26N2O3. The molecule has 0 bridgehead atoms. The Morgan fingerprint density at radius 3 is 2.55 bits per heavy atom. The largest absolute Gasteiger partial charge is 0.374 e. The van der Waals surface area contributed by atoms with Gasteiger partial charge < -0.3 is 14.5 Å². The average molecular weight is 282 g/mol. The van der Waals surface area contributed by atoms with E-state index in [2.05, 4.69) is 0 Å². The summed E-state index contributed by atoms with van der Waals surface area (Å²) in [6.07, 6.45) is 2.39. The maximum Gasteiger partial charge on any atom is 0.246 e. The van der Waals surface area contributed by atoms with Crippen LogP contribution in [0.1, 0.15) is 47.0 Å². The van der Waals surface area contributed by atoms with Crippen LogP contribution in [0, 0.1) is 0 Å². The van der Waals surface area contributed by atoms with Crippen molar-refractivity contribution in [2.45, 2.75) is 64.6 Å². The minimum absolute atomic E-state index is 0.0988. The normalized spacial score (nSPS) is 27.2. The Hall–Kier alpha value is -1.10. The van der Waals surface area contributed by atoms with E-state index >= 15 is 0 Å². The van der Waals surface area contributed by atoms with Gasteiger partial charge in [0.15, 0.2) is 0 Å². The molecule has 2 aliphatic heterocycles. The molecule has 2 heterocycles. The van der Waals surface area contributed by atoms with Crippen LogP contribution in [0.5, 0.6) is 0 Å². The minimum Gasteiger partial charge on any atom is -0.374 e. The van der Waals surface area contributed by atoms with Crippen LogP contribution in [0.4, 0.5) is 0 Å². The third-order valence-corrected chi connectivity index (χ3v) is 4.24. The Balaban J connectivity index is 2.20. The number of hydrogen-bond acceptors (Lipinski definition) is 3. The molecule has 0 aromatic carbocycles. The molecule has 2 rings (SSSR count). The van der Waals surface area contributed by atoms with Gasteiger partial charge in [0.1, 0.15) is 12.1 Å². The predicted octanol–water partition coefficient (Wildman–Crippen LogP) is 1.41. The van der Waals surface area contributed by atoms with Gasteiger partial charge in [-0.1, -0.05) is 6.92 Å². The van der Waals surface area contributed by atoms with Crippen LogP contribution in [0.3, 0.4) is 0 Å².